The highest BCUT2D eigenvalue weighted by atomic mass is 19.1. The molecular weight excluding hydrogens is 511 g/mol. The highest BCUT2D eigenvalue weighted by molar-refractivity contribution is 5.98. The van der Waals surface area contributed by atoms with Gasteiger partial charge in [-0.15, -0.1) is 0 Å². The van der Waals surface area contributed by atoms with E-state index in [0.29, 0.717) is 10.9 Å². The van der Waals surface area contributed by atoms with Crippen LogP contribution in [0.1, 0.15) is 18.8 Å². The van der Waals surface area contributed by atoms with Gasteiger partial charge in [0, 0.05) is 5.56 Å². The fourth-order valence-corrected chi connectivity index (χ4v) is 4.58. The van der Waals surface area contributed by atoms with Crippen molar-refractivity contribution in [1.82, 2.24) is 29.3 Å². The zero-order valence-electron chi connectivity index (χ0n) is 20.2. The van der Waals surface area contributed by atoms with Gasteiger partial charge in [-0.05, 0) is 55.5 Å². The second kappa shape index (κ2) is 8.94. The van der Waals surface area contributed by atoms with E-state index < -0.39 is 34.8 Å². The van der Waals surface area contributed by atoms with Crippen LogP contribution in [0.5, 0.6) is 5.75 Å². The third-order valence-electron chi connectivity index (χ3n) is 6.42. The number of nitrogens with zero attached hydrogens (tertiary/aromatic N) is 6. The molecule has 9 nitrogen and oxygen atoms in total. The van der Waals surface area contributed by atoms with Crippen LogP contribution in [-0.4, -0.2) is 34.4 Å². The van der Waals surface area contributed by atoms with Gasteiger partial charge in [-0.1, -0.05) is 12.1 Å². The number of rotatable bonds is 4. The maximum absolute atomic E-state index is 14.8. The fourth-order valence-electron chi connectivity index (χ4n) is 4.58. The zero-order chi connectivity index (χ0) is 27.4. The standard InChI is InChI=1S/C27H18F3N7O2/c1-13(37-26-22(24(31)32-12-33-26)23(35-37)14-8-9-20(38)18(30)10-14)25-34-19-7-3-6-17(29)21(19)27(39)36(25)16-5-2-4-15(28)11-16/h2-13,38H,1H3,(H2,31,32,33). The van der Waals surface area contributed by atoms with Crippen LogP contribution in [0, 0.1) is 17.5 Å². The quantitative estimate of drug-likeness (QED) is 0.344. The van der Waals surface area contributed by atoms with Crippen LogP contribution in [0.15, 0.2) is 71.8 Å². The molecule has 194 valence electrons. The lowest BCUT2D eigenvalue weighted by atomic mass is 10.1. The summed E-state index contributed by atoms with van der Waals surface area (Å²) in [4.78, 5) is 26.6. The van der Waals surface area contributed by atoms with Crippen molar-refractivity contribution in [3.05, 3.63) is 101 Å². The number of halogens is 3. The second-order valence-corrected chi connectivity index (χ2v) is 8.82. The van der Waals surface area contributed by atoms with Crippen molar-refractivity contribution in [3.63, 3.8) is 0 Å². The smallest absolute Gasteiger partial charge is 0.269 e. The summed E-state index contributed by atoms with van der Waals surface area (Å²) >= 11 is 0. The van der Waals surface area contributed by atoms with E-state index in [4.69, 9.17) is 5.73 Å². The molecule has 3 heterocycles. The first kappa shape index (κ1) is 24.1. The summed E-state index contributed by atoms with van der Waals surface area (Å²) in [7, 11) is 0. The minimum absolute atomic E-state index is 0.0676. The minimum atomic E-state index is -0.864. The number of phenols is 1. The van der Waals surface area contributed by atoms with Crippen molar-refractivity contribution in [3.8, 4) is 22.7 Å². The molecule has 0 aliphatic carbocycles. The molecule has 0 aliphatic heterocycles. The molecule has 12 heteroatoms. The molecule has 3 aromatic heterocycles. The van der Waals surface area contributed by atoms with Gasteiger partial charge >= 0.3 is 0 Å². The molecule has 39 heavy (non-hydrogen) atoms. The number of nitrogen functional groups attached to an aromatic ring is 1. The van der Waals surface area contributed by atoms with Crippen molar-refractivity contribution in [1.29, 1.82) is 0 Å². The van der Waals surface area contributed by atoms with Crippen molar-refractivity contribution < 1.29 is 18.3 Å². The van der Waals surface area contributed by atoms with Crippen molar-refractivity contribution in [2.75, 3.05) is 5.73 Å². The molecule has 0 radical (unpaired) electrons. The first-order valence-corrected chi connectivity index (χ1v) is 11.7. The summed E-state index contributed by atoms with van der Waals surface area (Å²) in [5, 5.41) is 14.3. The Morgan fingerprint density at radius 1 is 0.949 bits per heavy atom. The van der Waals surface area contributed by atoms with Crippen LogP contribution < -0.4 is 11.3 Å². The summed E-state index contributed by atoms with van der Waals surface area (Å²) in [6, 6.07) is 12.2. The fraction of sp³-hybridized carbons (Fsp3) is 0.0741. The van der Waals surface area contributed by atoms with Crippen molar-refractivity contribution >= 4 is 27.8 Å². The number of phenolic OH excluding ortho intramolecular Hbond substituents is 1. The number of aromatic hydroxyl groups is 1. The maximum atomic E-state index is 14.8. The highest BCUT2D eigenvalue weighted by Gasteiger charge is 2.26. The topological polar surface area (TPSA) is 125 Å². The third kappa shape index (κ3) is 3.84. The van der Waals surface area contributed by atoms with Gasteiger partial charge in [0.1, 0.15) is 46.7 Å². The molecule has 6 rings (SSSR count). The lowest BCUT2D eigenvalue weighted by Crippen LogP contribution is -2.28. The zero-order valence-corrected chi connectivity index (χ0v) is 20.2. The van der Waals surface area contributed by atoms with E-state index in [-0.39, 0.29) is 39.6 Å². The van der Waals surface area contributed by atoms with Crippen LogP contribution in [0.3, 0.4) is 0 Å². The summed E-state index contributed by atoms with van der Waals surface area (Å²) in [5.74, 6) is -2.60. The van der Waals surface area contributed by atoms with Gasteiger partial charge in [0.25, 0.3) is 5.56 Å². The van der Waals surface area contributed by atoms with Crippen LogP contribution in [0.25, 0.3) is 38.9 Å². The highest BCUT2D eigenvalue weighted by Crippen LogP contribution is 2.34. The van der Waals surface area contributed by atoms with Crippen molar-refractivity contribution in [2.24, 2.45) is 0 Å². The number of hydrogen-bond donors (Lipinski definition) is 2. The van der Waals surface area contributed by atoms with Gasteiger partial charge in [0.2, 0.25) is 0 Å². The SMILES string of the molecule is CC(c1nc2cccc(F)c2c(=O)n1-c1cccc(F)c1)n1nc(-c2ccc(O)c(F)c2)c2c(N)ncnc21. The average molecular weight is 529 g/mol. The lowest BCUT2D eigenvalue weighted by molar-refractivity contribution is 0.432. The van der Waals surface area contributed by atoms with Gasteiger partial charge in [0.05, 0.1) is 16.6 Å². The molecular formula is C27H18F3N7O2. The van der Waals surface area contributed by atoms with E-state index in [0.717, 1.165) is 22.8 Å². The molecule has 0 saturated heterocycles. The number of anilines is 1. The number of nitrogens with two attached hydrogens (primary N) is 1. The van der Waals surface area contributed by atoms with E-state index in [9.17, 15) is 23.1 Å². The maximum Gasteiger partial charge on any atom is 0.269 e. The van der Waals surface area contributed by atoms with E-state index in [2.05, 4.69) is 20.1 Å². The molecule has 0 fully saturated rings. The Labute approximate surface area is 217 Å². The van der Waals surface area contributed by atoms with E-state index in [1.165, 1.54) is 53.5 Å². The summed E-state index contributed by atoms with van der Waals surface area (Å²) in [5.41, 5.74) is 6.42. The normalized spacial score (nSPS) is 12.3. The Hall–Kier alpha value is -5.26. The monoisotopic (exact) mass is 529 g/mol. The summed E-state index contributed by atoms with van der Waals surface area (Å²) in [6.45, 7) is 1.68. The van der Waals surface area contributed by atoms with Gasteiger partial charge in [0.15, 0.2) is 17.2 Å². The molecule has 0 saturated carbocycles. The predicted molar refractivity (Wildman–Crippen MR) is 138 cm³/mol. The number of benzene rings is 3. The second-order valence-electron chi connectivity index (χ2n) is 8.82. The number of hydrogen-bond acceptors (Lipinski definition) is 7. The Kier molecular flexibility index (Phi) is 5.52. The number of aromatic nitrogens is 6. The Morgan fingerprint density at radius 2 is 1.74 bits per heavy atom. The summed E-state index contributed by atoms with van der Waals surface area (Å²) in [6.07, 6.45) is 1.23. The molecule has 0 aliphatic rings. The van der Waals surface area contributed by atoms with Gasteiger partial charge in [-0.25, -0.2) is 32.8 Å². The van der Waals surface area contributed by atoms with E-state index in [1.54, 1.807) is 6.92 Å². The molecule has 6 aromatic rings. The van der Waals surface area contributed by atoms with Crippen LogP contribution in [0.2, 0.25) is 0 Å². The Bertz CT molecular complexity index is 1990. The molecule has 0 bridgehead atoms. The van der Waals surface area contributed by atoms with E-state index in [1.807, 2.05) is 0 Å². The Balaban J connectivity index is 1.66. The van der Waals surface area contributed by atoms with Gasteiger partial charge in [-0.3, -0.25) is 9.36 Å². The molecule has 3 aromatic carbocycles. The minimum Gasteiger partial charge on any atom is -0.505 e. The molecule has 0 spiro atoms. The molecule has 0 amide bonds. The van der Waals surface area contributed by atoms with Crippen LogP contribution >= 0.6 is 0 Å². The lowest BCUT2D eigenvalue weighted by Gasteiger charge is -2.19. The van der Waals surface area contributed by atoms with Gasteiger partial charge < -0.3 is 10.8 Å². The molecule has 1 atom stereocenters. The van der Waals surface area contributed by atoms with Crippen LogP contribution in [0.4, 0.5) is 19.0 Å². The Morgan fingerprint density at radius 3 is 2.51 bits per heavy atom. The van der Waals surface area contributed by atoms with Gasteiger partial charge in [-0.2, -0.15) is 5.10 Å². The third-order valence-corrected chi connectivity index (χ3v) is 6.42. The first-order valence-electron chi connectivity index (χ1n) is 11.7. The largest absolute Gasteiger partial charge is 0.505 e. The van der Waals surface area contributed by atoms with Crippen LogP contribution in [-0.2, 0) is 0 Å². The molecule has 3 N–H and O–H groups in total. The predicted octanol–water partition coefficient (Wildman–Crippen LogP) is 4.51. The average Bonchev–Trinajstić information content (AvgIpc) is 3.30. The number of fused-ring (bicyclic) bond motifs is 2. The summed E-state index contributed by atoms with van der Waals surface area (Å²) < 4.78 is 45.8. The molecule has 1 unspecified atom stereocenters. The van der Waals surface area contributed by atoms with E-state index >= 15 is 0 Å². The van der Waals surface area contributed by atoms with Crippen molar-refractivity contribution in [2.45, 2.75) is 13.0 Å². The first-order chi connectivity index (χ1) is 18.7.